The van der Waals surface area contributed by atoms with Crippen LogP contribution in [0.5, 0.6) is 0 Å². The molecule has 1 amide bonds. The molecule has 0 spiro atoms. The Bertz CT molecular complexity index is 1300. The van der Waals surface area contributed by atoms with Gasteiger partial charge < -0.3 is 9.67 Å². The molecule has 0 atom stereocenters. The van der Waals surface area contributed by atoms with Crippen molar-refractivity contribution in [3.05, 3.63) is 125 Å². The molecule has 5 heteroatoms. The van der Waals surface area contributed by atoms with E-state index in [9.17, 15) is 9.90 Å². The van der Waals surface area contributed by atoms with E-state index >= 15 is 0 Å². The van der Waals surface area contributed by atoms with Crippen LogP contribution in [0.2, 0.25) is 0 Å². The number of nitrogens with one attached hydrogen (secondary N) is 1. The van der Waals surface area contributed by atoms with Gasteiger partial charge in [0.1, 0.15) is 0 Å². The number of hydrogen-bond donors (Lipinski definition) is 2. The molecular weight excluding hydrogens is 434 g/mol. The van der Waals surface area contributed by atoms with E-state index in [1.807, 2.05) is 31.2 Å². The third kappa shape index (κ3) is 4.68. The van der Waals surface area contributed by atoms with Gasteiger partial charge in [-0.3, -0.25) is 4.79 Å². The normalized spacial score (nSPS) is 11.8. The van der Waals surface area contributed by atoms with Crippen LogP contribution in [-0.2, 0) is 10.4 Å². The van der Waals surface area contributed by atoms with Gasteiger partial charge in [0.25, 0.3) is 5.91 Å². The first-order valence-corrected chi connectivity index (χ1v) is 11.8. The molecule has 0 bridgehead atoms. The summed E-state index contributed by atoms with van der Waals surface area (Å²) in [5, 5.41) is 15.8. The number of carbonyl (C=O) groups is 1. The molecule has 2 N–H and O–H groups in total. The van der Waals surface area contributed by atoms with E-state index in [4.69, 9.17) is 0 Å². The smallest absolute Gasteiger partial charge is 0.281 e. The number of aryl methyl sites for hydroxylation is 1. The molecule has 0 aliphatic rings. The lowest BCUT2D eigenvalue weighted by Crippen LogP contribution is -2.43. The third-order valence-corrected chi connectivity index (χ3v) is 6.35. The maximum absolute atomic E-state index is 13.3. The Morgan fingerprint density at radius 3 is 2.03 bits per heavy atom. The largest absolute Gasteiger partial charge is 0.372 e. The van der Waals surface area contributed by atoms with E-state index < -0.39 is 11.5 Å². The number of aromatic nitrogens is 1. The fourth-order valence-electron chi connectivity index (χ4n) is 4.50. The molecule has 35 heavy (non-hydrogen) atoms. The Labute approximate surface area is 206 Å². The molecule has 4 aromatic rings. The molecule has 0 aliphatic carbocycles. The van der Waals surface area contributed by atoms with Crippen molar-refractivity contribution < 1.29 is 9.90 Å². The number of amides is 1. The Balaban J connectivity index is 1.63. The predicted molar refractivity (Wildman–Crippen MR) is 141 cm³/mol. The van der Waals surface area contributed by atoms with Gasteiger partial charge in [0, 0.05) is 22.6 Å². The van der Waals surface area contributed by atoms with Crippen LogP contribution in [0.3, 0.4) is 0 Å². The van der Waals surface area contributed by atoms with Gasteiger partial charge in [0.2, 0.25) is 0 Å². The summed E-state index contributed by atoms with van der Waals surface area (Å²) in [7, 11) is 0. The van der Waals surface area contributed by atoms with Crippen LogP contribution in [0.1, 0.15) is 53.4 Å². The lowest BCUT2D eigenvalue weighted by molar-refractivity contribution is -0.136. The molecule has 0 radical (unpaired) electrons. The van der Waals surface area contributed by atoms with E-state index in [1.54, 1.807) is 54.7 Å². The Kier molecular flexibility index (Phi) is 6.99. The number of rotatable bonds is 7. The van der Waals surface area contributed by atoms with Crippen LogP contribution in [-0.4, -0.2) is 21.8 Å². The van der Waals surface area contributed by atoms with E-state index in [0.717, 1.165) is 22.6 Å². The lowest BCUT2D eigenvalue weighted by atomic mass is 9.85. The standard InChI is InChI=1S/C30H31N3O2/c1-21(2)27-17-11-12-18-28(27)33-22(3)19-24(23(33)4)20-31-32-29(34)30(35,25-13-7-5-8-14-25)26-15-9-6-10-16-26/h5-21,35H,1-4H3,(H,32,34)/b31-20-. The van der Waals surface area contributed by atoms with Crippen molar-refractivity contribution in [3.8, 4) is 5.69 Å². The molecule has 1 aromatic heterocycles. The van der Waals surface area contributed by atoms with Gasteiger partial charge >= 0.3 is 0 Å². The van der Waals surface area contributed by atoms with E-state index in [2.05, 4.69) is 54.1 Å². The topological polar surface area (TPSA) is 66.6 Å². The minimum atomic E-state index is -1.87. The van der Waals surface area contributed by atoms with Gasteiger partial charge in [0.05, 0.1) is 6.21 Å². The maximum atomic E-state index is 13.3. The third-order valence-electron chi connectivity index (χ3n) is 6.35. The molecule has 1 heterocycles. The van der Waals surface area contributed by atoms with Gasteiger partial charge in [-0.15, -0.1) is 0 Å². The quantitative estimate of drug-likeness (QED) is 0.275. The average molecular weight is 466 g/mol. The number of nitrogens with zero attached hydrogens (tertiary/aromatic N) is 2. The number of para-hydroxylation sites is 1. The van der Waals surface area contributed by atoms with Crippen molar-refractivity contribution in [2.24, 2.45) is 5.10 Å². The van der Waals surface area contributed by atoms with Crippen LogP contribution in [0.15, 0.2) is 96.1 Å². The van der Waals surface area contributed by atoms with Crippen LogP contribution in [0.25, 0.3) is 5.69 Å². The number of benzene rings is 3. The Morgan fingerprint density at radius 2 is 1.46 bits per heavy atom. The fourth-order valence-corrected chi connectivity index (χ4v) is 4.50. The Morgan fingerprint density at radius 1 is 0.914 bits per heavy atom. The SMILES string of the molecule is Cc1cc(/C=N\NC(=O)C(O)(c2ccccc2)c2ccccc2)c(C)n1-c1ccccc1C(C)C. The molecule has 0 aliphatic heterocycles. The van der Waals surface area contributed by atoms with E-state index in [-0.39, 0.29) is 0 Å². The zero-order chi connectivity index (χ0) is 25.0. The first kappa shape index (κ1) is 24.2. The number of hydrogen-bond acceptors (Lipinski definition) is 3. The molecule has 4 rings (SSSR count). The molecule has 0 unspecified atom stereocenters. The van der Waals surface area contributed by atoms with E-state index in [0.29, 0.717) is 17.0 Å². The second kappa shape index (κ2) is 10.1. The van der Waals surface area contributed by atoms with Gasteiger partial charge in [0.15, 0.2) is 5.60 Å². The summed E-state index contributed by atoms with van der Waals surface area (Å²) in [6.45, 7) is 8.47. The Hall–Kier alpha value is -3.96. The number of hydrazone groups is 1. The highest BCUT2D eigenvalue weighted by atomic mass is 16.3. The summed E-state index contributed by atoms with van der Waals surface area (Å²) in [5.41, 5.74) is 7.05. The highest BCUT2D eigenvalue weighted by molar-refractivity contribution is 5.91. The summed E-state index contributed by atoms with van der Waals surface area (Å²) in [4.78, 5) is 13.3. The van der Waals surface area contributed by atoms with Gasteiger partial charge in [-0.1, -0.05) is 92.7 Å². The van der Waals surface area contributed by atoms with Crippen LogP contribution >= 0.6 is 0 Å². The predicted octanol–water partition coefficient (Wildman–Crippen LogP) is 5.60. The zero-order valence-electron chi connectivity index (χ0n) is 20.6. The summed E-state index contributed by atoms with van der Waals surface area (Å²) in [6.07, 6.45) is 1.63. The van der Waals surface area contributed by atoms with Crippen molar-refractivity contribution in [2.75, 3.05) is 0 Å². The maximum Gasteiger partial charge on any atom is 0.281 e. The van der Waals surface area contributed by atoms with Gasteiger partial charge in [-0.05, 0) is 48.6 Å². The second-order valence-electron chi connectivity index (χ2n) is 9.02. The highest BCUT2D eigenvalue weighted by Gasteiger charge is 2.39. The summed E-state index contributed by atoms with van der Waals surface area (Å²) in [5.74, 6) is -0.234. The fraction of sp³-hybridized carbons (Fsp3) is 0.200. The van der Waals surface area contributed by atoms with Crippen molar-refractivity contribution >= 4 is 12.1 Å². The highest BCUT2D eigenvalue weighted by Crippen LogP contribution is 2.30. The monoisotopic (exact) mass is 465 g/mol. The van der Waals surface area contributed by atoms with Crippen molar-refractivity contribution in [1.29, 1.82) is 0 Å². The van der Waals surface area contributed by atoms with Crippen LogP contribution in [0.4, 0.5) is 0 Å². The summed E-state index contributed by atoms with van der Waals surface area (Å²) in [6, 6.07) is 28.2. The zero-order valence-corrected chi connectivity index (χ0v) is 20.6. The summed E-state index contributed by atoms with van der Waals surface area (Å²) >= 11 is 0. The molecule has 0 saturated carbocycles. The van der Waals surface area contributed by atoms with Crippen molar-refractivity contribution in [1.82, 2.24) is 9.99 Å². The first-order valence-electron chi connectivity index (χ1n) is 11.8. The minimum absolute atomic E-state index is 0.387. The number of carbonyl (C=O) groups excluding carboxylic acids is 1. The van der Waals surface area contributed by atoms with Gasteiger partial charge in [-0.25, -0.2) is 5.43 Å². The number of aliphatic hydroxyl groups is 1. The van der Waals surface area contributed by atoms with E-state index in [1.165, 1.54) is 5.56 Å². The van der Waals surface area contributed by atoms with Crippen LogP contribution in [0, 0.1) is 13.8 Å². The van der Waals surface area contributed by atoms with Crippen molar-refractivity contribution in [2.45, 2.75) is 39.2 Å². The van der Waals surface area contributed by atoms with Crippen LogP contribution < -0.4 is 5.43 Å². The molecule has 178 valence electrons. The van der Waals surface area contributed by atoms with Crippen molar-refractivity contribution in [3.63, 3.8) is 0 Å². The second-order valence-corrected chi connectivity index (χ2v) is 9.02. The lowest BCUT2D eigenvalue weighted by Gasteiger charge is -2.27. The first-order chi connectivity index (χ1) is 16.8. The minimum Gasteiger partial charge on any atom is -0.372 e. The molecule has 0 fully saturated rings. The average Bonchev–Trinajstić information content (AvgIpc) is 3.16. The molecule has 3 aromatic carbocycles. The molecular formula is C30H31N3O2. The summed E-state index contributed by atoms with van der Waals surface area (Å²) < 4.78 is 2.21. The molecule has 5 nitrogen and oxygen atoms in total. The molecule has 0 saturated heterocycles. The van der Waals surface area contributed by atoms with Gasteiger partial charge in [-0.2, -0.15) is 5.10 Å².